The van der Waals surface area contributed by atoms with Crippen molar-refractivity contribution >= 4 is 13.6 Å². The summed E-state index contributed by atoms with van der Waals surface area (Å²) >= 11 is 0. The molecular formula is C17H19O6P. The number of phosphoric ester groups is 1. The van der Waals surface area contributed by atoms with Crippen molar-refractivity contribution in [2.75, 3.05) is 7.11 Å². The summed E-state index contributed by atoms with van der Waals surface area (Å²) in [5, 5.41) is 0. The van der Waals surface area contributed by atoms with Crippen molar-refractivity contribution in [1.82, 2.24) is 0 Å². The monoisotopic (exact) mass is 350 g/mol. The molecule has 0 saturated carbocycles. The maximum Gasteiger partial charge on any atom is 0.524 e. The highest BCUT2D eigenvalue weighted by molar-refractivity contribution is 7.46. The lowest BCUT2D eigenvalue weighted by Gasteiger charge is -2.11. The fourth-order valence-corrected chi connectivity index (χ4v) is 2.63. The minimum atomic E-state index is -4.65. The van der Waals surface area contributed by atoms with Crippen molar-refractivity contribution in [2.24, 2.45) is 0 Å². The van der Waals surface area contributed by atoms with Crippen LogP contribution in [0.5, 0.6) is 11.5 Å². The van der Waals surface area contributed by atoms with Crippen molar-refractivity contribution in [3.8, 4) is 11.5 Å². The van der Waals surface area contributed by atoms with Crippen LogP contribution in [0.1, 0.15) is 27.9 Å². The Balaban J connectivity index is 2.10. The zero-order chi connectivity index (χ0) is 17.7. The fourth-order valence-electron chi connectivity index (χ4n) is 2.24. The SMILES string of the molecule is COc1cc(OP(=O)(O)O)ccc1C(=O)CCc1ccc(C)cc1. The van der Waals surface area contributed by atoms with Crippen LogP contribution in [0.15, 0.2) is 42.5 Å². The molecule has 128 valence electrons. The van der Waals surface area contributed by atoms with Crippen LogP contribution in [0.4, 0.5) is 0 Å². The molecule has 0 atom stereocenters. The standard InChI is InChI=1S/C17H19O6P/c1-12-3-5-13(6-4-12)7-10-16(18)15-9-8-14(11-17(15)22-2)23-24(19,20)21/h3-6,8-9,11H,7,10H2,1-2H3,(H2,19,20,21). The lowest BCUT2D eigenvalue weighted by molar-refractivity contribution is 0.0980. The van der Waals surface area contributed by atoms with Gasteiger partial charge in [-0.3, -0.25) is 14.6 Å². The van der Waals surface area contributed by atoms with Gasteiger partial charge in [0, 0.05) is 12.5 Å². The number of methoxy groups -OCH3 is 1. The highest BCUT2D eigenvalue weighted by Gasteiger charge is 2.19. The van der Waals surface area contributed by atoms with Gasteiger partial charge in [0.05, 0.1) is 12.7 Å². The summed E-state index contributed by atoms with van der Waals surface area (Å²) in [7, 11) is -3.27. The molecule has 2 rings (SSSR count). The second kappa shape index (κ2) is 7.62. The van der Waals surface area contributed by atoms with Crippen LogP contribution < -0.4 is 9.26 Å². The third kappa shape index (κ3) is 5.20. The zero-order valence-corrected chi connectivity index (χ0v) is 14.3. The molecule has 2 aromatic carbocycles. The molecule has 6 nitrogen and oxygen atoms in total. The summed E-state index contributed by atoms with van der Waals surface area (Å²) in [6.45, 7) is 2.00. The average molecular weight is 350 g/mol. The summed E-state index contributed by atoms with van der Waals surface area (Å²) in [4.78, 5) is 30.0. The van der Waals surface area contributed by atoms with E-state index >= 15 is 0 Å². The van der Waals surface area contributed by atoms with Gasteiger partial charge < -0.3 is 9.26 Å². The van der Waals surface area contributed by atoms with Gasteiger partial charge in [-0.25, -0.2) is 4.57 Å². The predicted molar refractivity (Wildman–Crippen MR) is 89.5 cm³/mol. The van der Waals surface area contributed by atoms with E-state index in [1.54, 1.807) is 0 Å². The van der Waals surface area contributed by atoms with E-state index in [0.29, 0.717) is 18.4 Å². The Morgan fingerprint density at radius 3 is 2.38 bits per heavy atom. The van der Waals surface area contributed by atoms with Gasteiger partial charge in [0.25, 0.3) is 0 Å². The van der Waals surface area contributed by atoms with Crippen LogP contribution in [0, 0.1) is 6.92 Å². The number of aryl methyl sites for hydroxylation is 2. The van der Waals surface area contributed by atoms with Gasteiger partial charge in [-0.15, -0.1) is 0 Å². The Hall–Kier alpha value is -2.14. The quantitative estimate of drug-likeness (QED) is 0.588. The first-order chi connectivity index (χ1) is 11.3. The van der Waals surface area contributed by atoms with E-state index in [2.05, 4.69) is 4.52 Å². The smallest absolute Gasteiger partial charge is 0.496 e. The summed E-state index contributed by atoms with van der Waals surface area (Å²) in [5.74, 6) is 0.0419. The van der Waals surface area contributed by atoms with E-state index in [-0.39, 0.29) is 17.3 Å². The number of carbonyl (C=O) groups excluding carboxylic acids is 1. The average Bonchev–Trinajstić information content (AvgIpc) is 2.52. The molecule has 0 amide bonds. The highest BCUT2D eigenvalue weighted by Crippen LogP contribution is 2.39. The summed E-state index contributed by atoms with van der Waals surface area (Å²) < 4.78 is 20.5. The Morgan fingerprint density at radius 1 is 1.12 bits per heavy atom. The zero-order valence-electron chi connectivity index (χ0n) is 13.4. The Labute approximate surface area is 140 Å². The lowest BCUT2D eigenvalue weighted by atomic mass is 10.0. The van der Waals surface area contributed by atoms with Gasteiger partial charge >= 0.3 is 7.82 Å². The Morgan fingerprint density at radius 2 is 1.79 bits per heavy atom. The van der Waals surface area contributed by atoms with Gasteiger partial charge in [-0.1, -0.05) is 29.8 Å². The molecule has 0 heterocycles. The Kier molecular flexibility index (Phi) is 5.78. The summed E-state index contributed by atoms with van der Waals surface area (Å²) in [5.41, 5.74) is 2.57. The molecule has 0 aliphatic rings. The van der Waals surface area contributed by atoms with Crippen LogP contribution in [0.3, 0.4) is 0 Å². The first kappa shape index (κ1) is 18.2. The van der Waals surface area contributed by atoms with Crippen LogP contribution in [-0.2, 0) is 11.0 Å². The van der Waals surface area contributed by atoms with E-state index in [0.717, 1.165) is 11.1 Å². The largest absolute Gasteiger partial charge is 0.524 e. The van der Waals surface area contributed by atoms with E-state index in [9.17, 15) is 9.36 Å². The number of rotatable bonds is 7. The van der Waals surface area contributed by atoms with Crippen molar-refractivity contribution in [3.05, 3.63) is 59.2 Å². The molecular weight excluding hydrogens is 331 g/mol. The third-order valence-corrected chi connectivity index (χ3v) is 3.91. The molecule has 0 aliphatic heterocycles. The van der Waals surface area contributed by atoms with Crippen molar-refractivity contribution in [2.45, 2.75) is 19.8 Å². The molecule has 0 saturated heterocycles. The van der Waals surface area contributed by atoms with E-state index in [1.807, 2.05) is 31.2 Å². The number of ether oxygens (including phenoxy) is 1. The number of ketones is 1. The Bertz CT molecular complexity index is 763. The van der Waals surface area contributed by atoms with Crippen LogP contribution in [0.2, 0.25) is 0 Å². The number of Topliss-reactive ketones (excluding diaryl/α,β-unsaturated/α-hetero) is 1. The first-order valence-corrected chi connectivity index (χ1v) is 8.83. The minimum absolute atomic E-state index is 0.0599. The number of phosphoric acid groups is 1. The number of hydrogen-bond donors (Lipinski definition) is 2. The molecule has 0 aliphatic carbocycles. The maximum atomic E-state index is 12.4. The molecule has 0 spiro atoms. The molecule has 0 bridgehead atoms. The van der Waals surface area contributed by atoms with Gasteiger partial charge in [-0.05, 0) is 31.0 Å². The molecule has 0 fully saturated rings. The van der Waals surface area contributed by atoms with E-state index in [4.69, 9.17) is 14.5 Å². The topological polar surface area (TPSA) is 93.1 Å². The molecule has 0 radical (unpaired) electrons. The number of benzene rings is 2. The third-order valence-electron chi connectivity index (χ3n) is 3.46. The number of carbonyl (C=O) groups is 1. The van der Waals surface area contributed by atoms with Crippen LogP contribution in [0.25, 0.3) is 0 Å². The maximum absolute atomic E-state index is 12.4. The van der Waals surface area contributed by atoms with Crippen molar-refractivity contribution < 1.29 is 28.4 Å². The van der Waals surface area contributed by atoms with Gasteiger partial charge in [0.2, 0.25) is 0 Å². The number of hydrogen-bond acceptors (Lipinski definition) is 4. The normalized spacial score (nSPS) is 11.2. The molecule has 2 aromatic rings. The second-order valence-corrected chi connectivity index (χ2v) is 6.52. The molecule has 0 unspecified atom stereocenters. The van der Waals surface area contributed by atoms with Crippen molar-refractivity contribution in [3.63, 3.8) is 0 Å². The molecule has 24 heavy (non-hydrogen) atoms. The van der Waals surface area contributed by atoms with E-state index < -0.39 is 7.82 Å². The first-order valence-electron chi connectivity index (χ1n) is 7.30. The predicted octanol–water partition coefficient (Wildman–Crippen LogP) is 3.29. The van der Waals surface area contributed by atoms with Crippen molar-refractivity contribution in [1.29, 1.82) is 0 Å². The van der Waals surface area contributed by atoms with Crippen LogP contribution >= 0.6 is 7.82 Å². The molecule has 7 heteroatoms. The summed E-state index contributed by atoms with van der Waals surface area (Å²) in [6, 6.07) is 12.0. The van der Waals surface area contributed by atoms with Gasteiger partial charge in [0.15, 0.2) is 5.78 Å². The lowest BCUT2D eigenvalue weighted by Crippen LogP contribution is -2.04. The van der Waals surface area contributed by atoms with Gasteiger partial charge in [0.1, 0.15) is 11.5 Å². The van der Waals surface area contributed by atoms with Crippen LogP contribution in [-0.4, -0.2) is 22.7 Å². The fraction of sp³-hybridized carbons (Fsp3) is 0.235. The second-order valence-electron chi connectivity index (χ2n) is 5.35. The molecule has 0 aromatic heterocycles. The van der Waals surface area contributed by atoms with E-state index in [1.165, 1.54) is 25.3 Å². The molecule has 2 N–H and O–H groups in total. The summed E-state index contributed by atoms with van der Waals surface area (Å²) in [6.07, 6.45) is 0.904. The highest BCUT2D eigenvalue weighted by atomic mass is 31.2. The van der Waals surface area contributed by atoms with Gasteiger partial charge in [-0.2, -0.15) is 0 Å². The minimum Gasteiger partial charge on any atom is -0.496 e.